The molecular formula is C24H38B8Cl2FN3O3. The van der Waals surface area contributed by atoms with Crippen LogP contribution in [0, 0.1) is 5.82 Å². The fraction of sp³-hybridized carbons (Fsp3) is 0.417. The second-order valence-corrected chi connectivity index (χ2v) is 14.4. The van der Waals surface area contributed by atoms with Gasteiger partial charge in [0.05, 0.1) is 12.6 Å². The molecule has 2 unspecified atom stereocenters. The van der Waals surface area contributed by atoms with Gasteiger partial charge in [-0.3, -0.25) is 4.79 Å². The molecule has 0 aliphatic heterocycles. The van der Waals surface area contributed by atoms with Gasteiger partial charge in [0, 0.05) is 12.1 Å². The van der Waals surface area contributed by atoms with Crippen LogP contribution in [0.5, 0.6) is 0 Å². The number of rotatable bonds is 13. The van der Waals surface area contributed by atoms with Crippen LogP contribution in [0.1, 0.15) is 18.1 Å². The molecule has 0 fully saturated rings. The maximum Gasteiger partial charge on any atom is 0.328 e. The molecule has 1 amide bonds. The average Bonchev–Trinajstić information content (AvgIpc) is 2.84. The van der Waals surface area contributed by atoms with Gasteiger partial charge in [-0.05, 0) is 68.8 Å². The van der Waals surface area contributed by atoms with E-state index in [1.165, 1.54) is 12.1 Å². The number of hydrogen-bond donors (Lipinski definition) is 2. The number of anilines is 1. The smallest absolute Gasteiger partial charge is 0.328 e. The zero-order chi connectivity index (χ0) is 31.4. The summed E-state index contributed by atoms with van der Waals surface area (Å²) in [5.74, 6) is -1.44. The van der Waals surface area contributed by atoms with E-state index < -0.39 is 44.0 Å². The minimum atomic E-state index is -0.947. The van der Waals surface area contributed by atoms with Crippen LogP contribution in [0.2, 0.25) is 0 Å². The molecule has 3 N–H and O–H groups in total. The van der Waals surface area contributed by atoms with Crippen molar-refractivity contribution in [2.24, 2.45) is 5.73 Å². The molecule has 0 saturated heterocycles. The number of nitrogens with one attached hydrogen (secondary N) is 1. The first kappa shape index (κ1) is 35.4. The van der Waals surface area contributed by atoms with E-state index in [1.54, 1.807) is 19.1 Å². The predicted molar refractivity (Wildman–Crippen MR) is 190 cm³/mol. The van der Waals surface area contributed by atoms with Crippen molar-refractivity contribution in [1.82, 2.24) is 5.32 Å². The van der Waals surface area contributed by atoms with Crippen LogP contribution in [0.3, 0.4) is 0 Å². The van der Waals surface area contributed by atoms with Gasteiger partial charge in [0.1, 0.15) is 74.6 Å². The molecule has 2 aromatic rings. The van der Waals surface area contributed by atoms with Gasteiger partial charge in [-0.1, -0.05) is 24.3 Å². The number of alkyl halides is 2. The Morgan fingerprint density at radius 3 is 1.76 bits per heavy atom. The summed E-state index contributed by atoms with van der Waals surface area (Å²) in [7, 11) is 16.4. The van der Waals surface area contributed by atoms with Gasteiger partial charge < -0.3 is 20.7 Å². The van der Waals surface area contributed by atoms with E-state index in [9.17, 15) is 14.0 Å². The number of carbonyl (C=O) groups excluding carboxylic acids is 2. The molecule has 17 heteroatoms. The summed E-state index contributed by atoms with van der Waals surface area (Å²) in [6, 6.07) is 11.7. The molecule has 0 spiro atoms. The third-order valence-electron chi connectivity index (χ3n) is 8.26. The molecule has 0 saturated carbocycles. The molecule has 0 radical (unpaired) electrons. The molecule has 2 rings (SSSR count). The Kier molecular flexibility index (Phi) is 11.8. The molecule has 2 atom stereocenters. The standard InChI is InChI=1S/C24H38B8Cl2FN3O3/c1-2-41-20(40)18(12-14-3-7-15(35)8-4-14)37-19(39)17(36)11-13-5-9-16(10-6-13)38(23(29,30)21(25,26)33)24(31,32)22(27,28)34/h3-10,17-18H,2,11-12,25-32,36H2,1H3,(H,37,39). The van der Waals surface area contributed by atoms with Crippen LogP contribution in [-0.2, 0) is 27.2 Å². The molecule has 212 valence electrons. The van der Waals surface area contributed by atoms with Crippen molar-refractivity contribution < 1.29 is 18.7 Å². The number of nitrogens with zero attached hydrogens (tertiary/aromatic N) is 1. The predicted octanol–water partition coefficient (Wildman–Crippen LogP) is -5.05. The summed E-state index contributed by atoms with van der Waals surface area (Å²) in [4.78, 5) is 27.8. The van der Waals surface area contributed by atoms with Crippen LogP contribution in [0.4, 0.5) is 10.1 Å². The summed E-state index contributed by atoms with van der Waals surface area (Å²) in [6.07, 6.45) is 0.411. The lowest BCUT2D eigenvalue weighted by molar-refractivity contribution is -0.147. The summed E-state index contributed by atoms with van der Waals surface area (Å²) in [5, 5.41) is 1.73. The highest BCUT2D eigenvalue weighted by atomic mass is 35.5. The highest BCUT2D eigenvalue weighted by molar-refractivity contribution is 6.73. The van der Waals surface area contributed by atoms with Crippen LogP contribution >= 0.6 is 23.2 Å². The highest BCUT2D eigenvalue weighted by Gasteiger charge is 2.49. The molecule has 0 aliphatic carbocycles. The van der Waals surface area contributed by atoms with Crippen LogP contribution < -0.4 is 16.0 Å². The second kappa shape index (κ2) is 13.6. The maximum absolute atomic E-state index is 13.3. The average molecular weight is 593 g/mol. The molecule has 6 nitrogen and oxygen atoms in total. The number of esters is 1. The topological polar surface area (TPSA) is 84.7 Å². The molecule has 2 aromatic carbocycles. The van der Waals surface area contributed by atoms with E-state index in [0.29, 0.717) is 5.56 Å². The second-order valence-electron chi connectivity index (χ2n) is 12.5. The lowest BCUT2D eigenvalue weighted by Crippen LogP contribution is -2.76. The zero-order valence-electron chi connectivity index (χ0n) is 25.8. The first-order valence-corrected chi connectivity index (χ1v) is 14.7. The van der Waals surface area contributed by atoms with E-state index in [4.69, 9.17) is 33.7 Å². The summed E-state index contributed by atoms with van der Waals surface area (Å²) >= 11 is 13.8. The van der Waals surface area contributed by atoms with Gasteiger partial charge in [0.2, 0.25) is 5.91 Å². The van der Waals surface area contributed by atoms with Gasteiger partial charge in [-0.15, -0.1) is 23.2 Å². The first-order chi connectivity index (χ1) is 18.7. The van der Waals surface area contributed by atoms with Crippen molar-refractivity contribution in [3.8, 4) is 0 Å². The Bertz CT molecular complexity index is 1170. The summed E-state index contributed by atoms with van der Waals surface area (Å²) in [5.41, 5.74) is 8.75. The summed E-state index contributed by atoms with van der Waals surface area (Å²) < 4.78 is 17.3. The van der Waals surface area contributed by atoms with E-state index in [1.807, 2.05) is 55.7 Å². The lowest BCUT2D eigenvalue weighted by atomic mass is 9.36. The molecule has 0 aliphatic rings. The highest BCUT2D eigenvalue weighted by Crippen LogP contribution is 2.38. The third-order valence-corrected chi connectivity index (χ3v) is 9.18. The zero-order valence-corrected chi connectivity index (χ0v) is 27.3. The van der Waals surface area contributed by atoms with Crippen molar-refractivity contribution in [3.05, 3.63) is 65.5 Å². The van der Waals surface area contributed by atoms with Gasteiger partial charge in [-0.25, -0.2) is 9.18 Å². The molecule has 0 heterocycles. The Morgan fingerprint density at radius 1 is 0.878 bits per heavy atom. The molecular weight excluding hydrogens is 555 g/mol. The van der Waals surface area contributed by atoms with Gasteiger partial charge in [-0.2, -0.15) is 0 Å². The van der Waals surface area contributed by atoms with Crippen molar-refractivity contribution in [3.63, 3.8) is 0 Å². The van der Waals surface area contributed by atoms with E-state index >= 15 is 0 Å². The Balaban J connectivity index is 2.25. The summed E-state index contributed by atoms with van der Waals surface area (Å²) in [6.45, 7) is 1.86. The monoisotopic (exact) mass is 593 g/mol. The number of ether oxygens (including phenoxy) is 1. The van der Waals surface area contributed by atoms with Crippen molar-refractivity contribution >= 4 is 104 Å². The van der Waals surface area contributed by atoms with Gasteiger partial charge in [0.25, 0.3) is 0 Å². The van der Waals surface area contributed by atoms with Gasteiger partial charge >= 0.3 is 5.97 Å². The minimum Gasteiger partial charge on any atom is -0.464 e. The number of nitrogens with two attached hydrogens (primary N) is 1. The fourth-order valence-corrected chi connectivity index (χ4v) is 4.74. The number of amides is 1. The number of halogens is 3. The Hall–Kier alpha value is -1.83. The quantitative estimate of drug-likeness (QED) is 0.138. The van der Waals surface area contributed by atoms with E-state index in [0.717, 1.165) is 11.3 Å². The number of benzene rings is 2. The number of hydrogen-bond acceptors (Lipinski definition) is 5. The maximum atomic E-state index is 13.3. The minimum absolute atomic E-state index is 0.154. The van der Waals surface area contributed by atoms with E-state index in [-0.39, 0.29) is 25.3 Å². The SMILES string of the molecule is BC(B)(Cl)C(B)(B)N(c1ccc(CC(N)C(=O)NC(Cc2ccc(F)cc2)C(=O)OCC)cc1)C(B)(B)C(B)(B)Cl. The van der Waals surface area contributed by atoms with Crippen molar-refractivity contribution in [2.75, 3.05) is 11.5 Å². The van der Waals surface area contributed by atoms with Gasteiger partial charge in [0.15, 0.2) is 0 Å². The molecule has 0 bridgehead atoms. The van der Waals surface area contributed by atoms with Crippen LogP contribution in [0.15, 0.2) is 48.5 Å². The van der Waals surface area contributed by atoms with E-state index in [2.05, 4.69) is 41.6 Å². The van der Waals surface area contributed by atoms with Crippen LogP contribution in [-0.4, -0.2) is 113 Å². The molecule has 41 heavy (non-hydrogen) atoms. The largest absolute Gasteiger partial charge is 0.464 e. The third kappa shape index (κ3) is 8.84. The first-order valence-electron chi connectivity index (χ1n) is 14.0. The Morgan fingerprint density at radius 2 is 1.32 bits per heavy atom. The Labute approximate surface area is 261 Å². The normalized spacial score (nSPS) is 14.1. The van der Waals surface area contributed by atoms with Crippen LogP contribution in [0.25, 0.3) is 0 Å². The lowest BCUT2D eigenvalue weighted by Gasteiger charge is -2.60. The number of carbonyl (C=O) groups is 2. The van der Waals surface area contributed by atoms with Crippen molar-refractivity contribution in [2.45, 2.75) is 51.9 Å². The molecule has 0 aromatic heterocycles. The van der Waals surface area contributed by atoms with Crippen molar-refractivity contribution in [1.29, 1.82) is 0 Å². The fourth-order valence-electron chi connectivity index (χ4n) is 4.57.